The van der Waals surface area contributed by atoms with Gasteiger partial charge in [-0.1, -0.05) is 0 Å². The number of nitrogens with one attached hydrogen (secondary N) is 2. The molecule has 0 bridgehead atoms. The lowest BCUT2D eigenvalue weighted by Crippen LogP contribution is -2.59. The maximum atomic E-state index is 11.7. The fourth-order valence-corrected chi connectivity index (χ4v) is 1.85. The Morgan fingerprint density at radius 3 is 2.94 bits per heavy atom. The number of rotatable bonds is 5. The Kier molecular flexibility index (Phi) is 3.63. The van der Waals surface area contributed by atoms with Gasteiger partial charge in [0.25, 0.3) is 0 Å². The van der Waals surface area contributed by atoms with E-state index in [9.17, 15) is 4.79 Å². The number of amides is 1. The summed E-state index contributed by atoms with van der Waals surface area (Å²) >= 11 is 0. The SMILES string of the molecule is CC(NC(=O)COC1(C)CNC1)c1nncn1C. The third-order valence-electron chi connectivity index (χ3n) is 3.06. The lowest BCUT2D eigenvalue weighted by Gasteiger charge is -2.38. The fourth-order valence-electron chi connectivity index (χ4n) is 1.85. The summed E-state index contributed by atoms with van der Waals surface area (Å²) in [5, 5.41) is 13.7. The van der Waals surface area contributed by atoms with Gasteiger partial charge in [-0.05, 0) is 13.8 Å². The van der Waals surface area contributed by atoms with Crippen LogP contribution in [0.4, 0.5) is 0 Å². The molecule has 0 aromatic carbocycles. The number of ether oxygens (including phenoxy) is 1. The van der Waals surface area contributed by atoms with E-state index in [1.54, 1.807) is 10.9 Å². The minimum Gasteiger partial charge on any atom is -0.363 e. The molecule has 7 nitrogen and oxygen atoms in total. The van der Waals surface area contributed by atoms with Crippen LogP contribution in [0.1, 0.15) is 25.7 Å². The molecule has 1 fully saturated rings. The molecule has 0 saturated carbocycles. The van der Waals surface area contributed by atoms with Crippen LogP contribution in [0.25, 0.3) is 0 Å². The lowest BCUT2D eigenvalue weighted by molar-refractivity contribution is -0.136. The number of aromatic nitrogens is 3. The van der Waals surface area contributed by atoms with Crippen molar-refractivity contribution in [3.05, 3.63) is 12.2 Å². The zero-order chi connectivity index (χ0) is 13.2. The molecule has 1 atom stereocenters. The minimum atomic E-state index is -0.203. The van der Waals surface area contributed by atoms with Crippen LogP contribution in [-0.4, -0.2) is 46.0 Å². The van der Waals surface area contributed by atoms with Gasteiger partial charge in [-0.2, -0.15) is 0 Å². The smallest absolute Gasteiger partial charge is 0.246 e. The Bertz CT molecular complexity index is 427. The lowest BCUT2D eigenvalue weighted by atomic mass is 10.0. The predicted molar refractivity (Wildman–Crippen MR) is 64.8 cm³/mol. The summed E-state index contributed by atoms with van der Waals surface area (Å²) < 4.78 is 7.34. The van der Waals surface area contributed by atoms with E-state index in [0.717, 1.165) is 18.9 Å². The first-order valence-corrected chi connectivity index (χ1v) is 5.98. The molecular formula is C11H19N5O2. The molecule has 0 spiro atoms. The Morgan fingerprint density at radius 1 is 1.72 bits per heavy atom. The zero-order valence-electron chi connectivity index (χ0n) is 10.9. The highest BCUT2D eigenvalue weighted by molar-refractivity contribution is 5.77. The molecule has 1 aromatic rings. The van der Waals surface area contributed by atoms with E-state index in [1.165, 1.54) is 0 Å². The molecule has 0 aliphatic carbocycles. The summed E-state index contributed by atoms with van der Waals surface area (Å²) in [6.45, 7) is 5.51. The fraction of sp³-hybridized carbons (Fsp3) is 0.727. The molecule has 0 radical (unpaired) electrons. The molecule has 2 heterocycles. The molecule has 1 aromatic heterocycles. The first-order chi connectivity index (χ1) is 8.50. The highest BCUT2D eigenvalue weighted by atomic mass is 16.5. The second-order valence-electron chi connectivity index (χ2n) is 4.93. The number of hydrogen-bond acceptors (Lipinski definition) is 5. The first kappa shape index (κ1) is 13.0. The van der Waals surface area contributed by atoms with Gasteiger partial charge >= 0.3 is 0 Å². The van der Waals surface area contributed by atoms with Crippen molar-refractivity contribution < 1.29 is 9.53 Å². The van der Waals surface area contributed by atoms with Crippen LogP contribution in [0.2, 0.25) is 0 Å². The van der Waals surface area contributed by atoms with Gasteiger partial charge in [0.15, 0.2) is 5.82 Å². The molecular weight excluding hydrogens is 234 g/mol. The first-order valence-electron chi connectivity index (χ1n) is 5.98. The summed E-state index contributed by atoms with van der Waals surface area (Å²) in [7, 11) is 1.84. The Hall–Kier alpha value is -1.47. The normalized spacial score (nSPS) is 19.1. The Morgan fingerprint density at radius 2 is 2.44 bits per heavy atom. The van der Waals surface area contributed by atoms with Crippen molar-refractivity contribution in [3.8, 4) is 0 Å². The summed E-state index contributed by atoms with van der Waals surface area (Å²) in [4.78, 5) is 11.7. The average Bonchev–Trinajstić information content (AvgIpc) is 2.70. The standard InChI is InChI=1S/C11H19N5O2/c1-8(10-15-13-7-16(10)3)14-9(17)4-18-11(2)5-12-6-11/h7-8,12H,4-6H2,1-3H3,(H,14,17). The van der Waals surface area contributed by atoms with Crippen LogP contribution in [0.3, 0.4) is 0 Å². The molecule has 7 heteroatoms. The molecule has 1 aliphatic rings. The maximum Gasteiger partial charge on any atom is 0.246 e. The van der Waals surface area contributed by atoms with E-state index in [1.807, 2.05) is 20.9 Å². The second kappa shape index (κ2) is 5.03. The van der Waals surface area contributed by atoms with Gasteiger partial charge in [-0.15, -0.1) is 10.2 Å². The number of aryl methyl sites for hydroxylation is 1. The van der Waals surface area contributed by atoms with E-state index >= 15 is 0 Å². The van der Waals surface area contributed by atoms with E-state index in [4.69, 9.17) is 4.74 Å². The second-order valence-corrected chi connectivity index (χ2v) is 4.93. The molecule has 1 amide bonds. The maximum absolute atomic E-state index is 11.7. The van der Waals surface area contributed by atoms with E-state index in [-0.39, 0.29) is 24.2 Å². The topological polar surface area (TPSA) is 81.1 Å². The van der Waals surface area contributed by atoms with E-state index in [2.05, 4.69) is 20.8 Å². The third-order valence-corrected chi connectivity index (χ3v) is 3.06. The van der Waals surface area contributed by atoms with Crippen molar-refractivity contribution in [1.29, 1.82) is 0 Å². The van der Waals surface area contributed by atoms with Gasteiger partial charge in [0.05, 0.1) is 11.6 Å². The van der Waals surface area contributed by atoms with Gasteiger partial charge in [-0.3, -0.25) is 4.79 Å². The molecule has 2 rings (SSSR count). The van der Waals surface area contributed by atoms with Crippen molar-refractivity contribution in [2.75, 3.05) is 19.7 Å². The van der Waals surface area contributed by atoms with E-state index < -0.39 is 0 Å². The number of hydrogen-bond donors (Lipinski definition) is 2. The number of carbonyl (C=O) groups is 1. The van der Waals surface area contributed by atoms with Gasteiger partial charge < -0.3 is 19.9 Å². The summed E-state index contributed by atoms with van der Waals surface area (Å²) in [6.07, 6.45) is 1.61. The molecule has 1 saturated heterocycles. The van der Waals surface area contributed by atoms with Crippen LogP contribution in [-0.2, 0) is 16.6 Å². The third kappa shape index (κ3) is 2.85. The van der Waals surface area contributed by atoms with E-state index in [0.29, 0.717) is 0 Å². The quantitative estimate of drug-likeness (QED) is 0.730. The van der Waals surface area contributed by atoms with Gasteiger partial charge in [0.2, 0.25) is 5.91 Å². The highest BCUT2D eigenvalue weighted by Crippen LogP contribution is 2.15. The van der Waals surface area contributed by atoms with Crippen LogP contribution in [0.5, 0.6) is 0 Å². The Labute approximate surface area is 106 Å². The monoisotopic (exact) mass is 253 g/mol. The molecule has 18 heavy (non-hydrogen) atoms. The van der Waals surface area contributed by atoms with Crippen LogP contribution in [0.15, 0.2) is 6.33 Å². The van der Waals surface area contributed by atoms with Gasteiger partial charge in [0, 0.05) is 20.1 Å². The van der Waals surface area contributed by atoms with Crippen molar-refractivity contribution in [2.45, 2.75) is 25.5 Å². The summed E-state index contributed by atoms with van der Waals surface area (Å²) in [5.41, 5.74) is -0.203. The van der Waals surface area contributed by atoms with Crippen molar-refractivity contribution >= 4 is 5.91 Å². The molecule has 2 N–H and O–H groups in total. The van der Waals surface area contributed by atoms with Gasteiger partial charge in [0.1, 0.15) is 12.9 Å². The van der Waals surface area contributed by atoms with Crippen molar-refractivity contribution in [3.63, 3.8) is 0 Å². The summed E-state index contributed by atoms with van der Waals surface area (Å²) in [6, 6.07) is -0.180. The van der Waals surface area contributed by atoms with Crippen molar-refractivity contribution in [1.82, 2.24) is 25.4 Å². The largest absolute Gasteiger partial charge is 0.363 e. The van der Waals surface area contributed by atoms with Crippen LogP contribution >= 0.6 is 0 Å². The number of nitrogens with zero attached hydrogens (tertiary/aromatic N) is 3. The summed E-state index contributed by atoms with van der Waals surface area (Å²) in [5.74, 6) is 0.582. The average molecular weight is 253 g/mol. The molecule has 100 valence electrons. The van der Waals surface area contributed by atoms with Crippen LogP contribution < -0.4 is 10.6 Å². The van der Waals surface area contributed by atoms with Gasteiger partial charge in [-0.25, -0.2) is 0 Å². The highest BCUT2D eigenvalue weighted by Gasteiger charge is 2.33. The van der Waals surface area contributed by atoms with Crippen molar-refractivity contribution in [2.24, 2.45) is 7.05 Å². The molecule has 1 unspecified atom stereocenters. The Balaban J connectivity index is 1.79. The number of carbonyl (C=O) groups excluding carboxylic acids is 1. The molecule has 1 aliphatic heterocycles. The predicted octanol–water partition coefficient (Wildman–Crippen LogP) is -0.629. The van der Waals surface area contributed by atoms with Crippen LogP contribution in [0, 0.1) is 0 Å². The zero-order valence-corrected chi connectivity index (χ0v) is 10.9. The minimum absolute atomic E-state index is 0.0698.